The Hall–Kier alpha value is -2.82. The maximum Gasteiger partial charge on any atom is 0.291 e. The van der Waals surface area contributed by atoms with Crippen molar-refractivity contribution >= 4 is 28.2 Å². The number of hydrogen-bond donors (Lipinski definition) is 2. The molecule has 3 rings (SSSR count). The highest BCUT2D eigenvalue weighted by Gasteiger charge is 2.09. The molecule has 0 unspecified atom stereocenters. The van der Waals surface area contributed by atoms with E-state index in [0.717, 1.165) is 16.6 Å². The molecule has 3 aromatic rings. The highest BCUT2D eigenvalue weighted by Crippen LogP contribution is 2.24. The molecule has 0 radical (unpaired) electrons. The molecule has 5 nitrogen and oxygen atoms in total. The molecule has 100 valence electrons. The average Bonchev–Trinajstić information content (AvgIpc) is 2.93. The number of amides is 1. The highest BCUT2D eigenvalue weighted by atomic mass is 16.3. The standard InChI is InChI=1S/C15H13N3O2/c1-9-7-12(16)11-8-10(4-5-13(11)17-9)18-15(19)14-3-2-6-20-14/h2-8H,1H3,(H2,16,17)(H,18,19). The first-order chi connectivity index (χ1) is 9.63. The summed E-state index contributed by atoms with van der Waals surface area (Å²) in [6, 6.07) is 10.5. The molecule has 0 fully saturated rings. The van der Waals surface area contributed by atoms with Crippen LogP contribution in [-0.4, -0.2) is 10.9 Å². The molecule has 0 bridgehead atoms. The molecule has 3 N–H and O–H groups in total. The van der Waals surface area contributed by atoms with Crippen LogP contribution >= 0.6 is 0 Å². The molecule has 1 amide bonds. The van der Waals surface area contributed by atoms with E-state index in [1.807, 2.05) is 13.0 Å². The second-order valence-electron chi connectivity index (χ2n) is 4.52. The first-order valence-corrected chi connectivity index (χ1v) is 6.15. The lowest BCUT2D eigenvalue weighted by Crippen LogP contribution is -2.10. The van der Waals surface area contributed by atoms with Crippen LogP contribution in [0.3, 0.4) is 0 Å². The van der Waals surface area contributed by atoms with E-state index in [0.29, 0.717) is 11.4 Å². The smallest absolute Gasteiger partial charge is 0.291 e. The molecule has 2 aromatic heterocycles. The summed E-state index contributed by atoms with van der Waals surface area (Å²) in [5, 5.41) is 3.58. The first kappa shape index (κ1) is 12.2. The van der Waals surface area contributed by atoms with Gasteiger partial charge in [-0.25, -0.2) is 0 Å². The Bertz CT molecular complexity index is 779. The van der Waals surface area contributed by atoms with E-state index in [9.17, 15) is 4.79 Å². The Balaban J connectivity index is 1.95. The number of nitrogens with two attached hydrogens (primary N) is 1. The van der Waals surface area contributed by atoms with E-state index in [-0.39, 0.29) is 11.7 Å². The molecule has 0 aliphatic heterocycles. The summed E-state index contributed by atoms with van der Waals surface area (Å²) in [4.78, 5) is 16.3. The van der Waals surface area contributed by atoms with Gasteiger partial charge in [0, 0.05) is 22.5 Å². The number of carbonyl (C=O) groups excluding carboxylic acids is 1. The maximum absolute atomic E-state index is 11.9. The zero-order chi connectivity index (χ0) is 14.1. The Morgan fingerprint density at radius 1 is 1.30 bits per heavy atom. The second-order valence-corrected chi connectivity index (χ2v) is 4.52. The number of nitrogens with zero attached hydrogens (tertiary/aromatic N) is 1. The lowest BCUT2D eigenvalue weighted by atomic mass is 10.1. The van der Waals surface area contributed by atoms with Gasteiger partial charge in [0.25, 0.3) is 5.91 Å². The number of benzene rings is 1. The lowest BCUT2D eigenvalue weighted by Gasteiger charge is -2.07. The van der Waals surface area contributed by atoms with Crippen LogP contribution in [0.15, 0.2) is 47.1 Å². The van der Waals surface area contributed by atoms with Crippen LogP contribution < -0.4 is 11.1 Å². The molecule has 5 heteroatoms. The van der Waals surface area contributed by atoms with Crippen LogP contribution in [0.25, 0.3) is 10.9 Å². The van der Waals surface area contributed by atoms with Gasteiger partial charge in [-0.1, -0.05) is 0 Å². The van der Waals surface area contributed by atoms with Gasteiger partial charge in [-0.05, 0) is 43.3 Å². The van der Waals surface area contributed by atoms with Crippen LogP contribution in [0.5, 0.6) is 0 Å². The van der Waals surface area contributed by atoms with Crippen molar-refractivity contribution in [2.45, 2.75) is 6.92 Å². The number of furan rings is 1. The number of carbonyl (C=O) groups is 1. The van der Waals surface area contributed by atoms with Gasteiger partial charge < -0.3 is 15.5 Å². The molecule has 0 aliphatic carbocycles. The number of rotatable bonds is 2. The number of hydrogen-bond acceptors (Lipinski definition) is 4. The molecule has 0 atom stereocenters. The fourth-order valence-electron chi connectivity index (χ4n) is 2.07. The molecule has 20 heavy (non-hydrogen) atoms. The van der Waals surface area contributed by atoms with Crippen LogP contribution in [0.1, 0.15) is 16.2 Å². The Labute approximate surface area is 115 Å². The van der Waals surface area contributed by atoms with Gasteiger partial charge in [0.05, 0.1) is 11.8 Å². The molecule has 0 saturated carbocycles. The number of nitrogens with one attached hydrogen (secondary N) is 1. The van der Waals surface area contributed by atoms with Crippen molar-refractivity contribution < 1.29 is 9.21 Å². The van der Waals surface area contributed by atoms with E-state index >= 15 is 0 Å². The topological polar surface area (TPSA) is 81.1 Å². The molecule has 0 aliphatic rings. The summed E-state index contributed by atoms with van der Waals surface area (Å²) in [7, 11) is 0. The van der Waals surface area contributed by atoms with Crippen molar-refractivity contribution in [2.24, 2.45) is 0 Å². The number of fused-ring (bicyclic) bond motifs is 1. The summed E-state index contributed by atoms with van der Waals surface area (Å²) >= 11 is 0. The first-order valence-electron chi connectivity index (χ1n) is 6.15. The number of aryl methyl sites for hydroxylation is 1. The zero-order valence-electron chi connectivity index (χ0n) is 10.9. The van der Waals surface area contributed by atoms with E-state index in [1.165, 1.54) is 6.26 Å². The van der Waals surface area contributed by atoms with E-state index in [1.54, 1.807) is 30.3 Å². The fraction of sp³-hybridized carbons (Fsp3) is 0.0667. The number of nitrogen functional groups attached to an aromatic ring is 1. The summed E-state index contributed by atoms with van der Waals surface area (Å²) in [5.41, 5.74) is 8.94. The number of aromatic nitrogens is 1. The SMILES string of the molecule is Cc1cc(N)c2cc(NC(=O)c3ccco3)ccc2n1. The predicted octanol–water partition coefficient (Wildman–Crippen LogP) is 2.97. The fourth-order valence-corrected chi connectivity index (χ4v) is 2.07. The molecule has 0 spiro atoms. The van der Waals surface area contributed by atoms with Gasteiger partial charge in [-0.2, -0.15) is 0 Å². The third-order valence-electron chi connectivity index (χ3n) is 2.97. The molecule has 0 saturated heterocycles. The summed E-state index contributed by atoms with van der Waals surface area (Å²) in [6.07, 6.45) is 1.46. The van der Waals surface area contributed by atoms with Crippen molar-refractivity contribution in [1.29, 1.82) is 0 Å². The molecule has 2 heterocycles. The van der Waals surface area contributed by atoms with Crippen molar-refractivity contribution in [2.75, 3.05) is 11.1 Å². The minimum atomic E-state index is -0.298. The number of anilines is 2. The highest BCUT2D eigenvalue weighted by molar-refractivity contribution is 6.04. The monoisotopic (exact) mass is 267 g/mol. The molecular weight excluding hydrogens is 254 g/mol. The van der Waals surface area contributed by atoms with Gasteiger partial charge in [-0.15, -0.1) is 0 Å². The van der Waals surface area contributed by atoms with Crippen molar-refractivity contribution in [1.82, 2.24) is 4.98 Å². The second kappa shape index (κ2) is 4.70. The van der Waals surface area contributed by atoms with Crippen molar-refractivity contribution in [3.05, 3.63) is 54.1 Å². The van der Waals surface area contributed by atoms with E-state index < -0.39 is 0 Å². The third-order valence-corrected chi connectivity index (χ3v) is 2.97. The Kier molecular flexibility index (Phi) is 2.87. The Morgan fingerprint density at radius 2 is 2.15 bits per heavy atom. The van der Waals surface area contributed by atoms with Crippen molar-refractivity contribution in [3.8, 4) is 0 Å². The summed E-state index contributed by atoms with van der Waals surface area (Å²) in [5.74, 6) is -0.0342. The minimum Gasteiger partial charge on any atom is -0.459 e. The van der Waals surface area contributed by atoms with E-state index in [2.05, 4.69) is 10.3 Å². The van der Waals surface area contributed by atoms with Crippen LogP contribution in [-0.2, 0) is 0 Å². The Morgan fingerprint density at radius 3 is 2.90 bits per heavy atom. The quantitative estimate of drug-likeness (QED) is 0.748. The van der Waals surface area contributed by atoms with Crippen molar-refractivity contribution in [3.63, 3.8) is 0 Å². The van der Waals surface area contributed by atoms with Gasteiger partial charge in [0.15, 0.2) is 5.76 Å². The zero-order valence-corrected chi connectivity index (χ0v) is 10.9. The van der Waals surface area contributed by atoms with Gasteiger partial charge in [0.1, 0.15) is 0 Å². The summed E-state index contributed by atoms with van der Waals surface area (Å²) < 4.78 is 5.05. The van der Waals surface area contributed by atoms with Crippen LogP contribution in [0.2, 0.25) is 0 Å². The molecule has 1 aromatic carbocycles. The minimum absolute atomic E-state index is 0.264. The lowest BCUT2D eigenvalue weighted by molar-refractivity contribution is 0.0996. The van der Waals surface area contributed by atoms with Crippen LogP contribution in [0, 0.1) is 6.92 Å². The molecular formula is C15H13N3O2. The largest absolute Gasteiger partial charge is 0.459 e. The summed E-state index contributed by atoms with van der Waals surface area (Å²) in [6.45, 7) is 1.89. The van der Waals surface area contributed by atoms with Crippen LogP contribution in [0.4, 0.5) is 11.4 Å². The average molecular weight is 267 g/mol. The maximum atomic E-state index is 11.9. The van der Waals surface area contributed by atoms with Gasteiger partial charge in [-0.3, -0.25) is 9.78 Å². The predicted molar refractivity (Wildman–Crippen MR) is 77.6 cm³/mol. The normalized spacial score (nSPS) is 10.7. The third kappa shape index (κ3) is 2.21. The number of pyridine rings is 1. The van der Waals surface area contributed by atoms with Gasteiger partial charge >= 0.3 is 0 Å². The van der Waals surface area contributed by atoms with E-state index in [4.69, 9.17) is 10.2 Å². The van der Waals surface area contributed by atoms with Gasteiger partial charge in [0.2, 0.25) is 0 Å².